The smallest absolute Gasteiger partial charge is 0.0888 e. The Kier molecular flexibility index (Phi) is 12.8. The summed E-state index contributed by atoms with van der Waals surface area (Å²) in [5.74, 6) is 0. The Morgan fingerprint density at radius 3 is 0.776 bits per heavy atom. The second-order valence-electron chi connectivity index (χ2n) is 17.9. The molecule has 0 aliphatic heterocycles. The summed E-state index contributed by atoms with van der Waals surface area (Å²) in [5.41, 5.74) is 18.5. The number of anilines is 6. The highest BCUT2D eigenvalue weighted by atomic mass is 35.5. The molecule has 0 unspecified atom stereocenters. The van der Waals surface area contributed by atoms with Crippen molar-refractivity contribution < 1.29 is 0 Å². The first-order chi connectivity index (χ1) is 28.6. The van der Waals surface area contributed by atoms with E-state index >= 15 is 0 Å². The number of fused-ring (bicyclic) bond motifs is 4. The summed E-state index contributed by atoms with van der Waals surface area (Å²) in [6, 6.07) is 33.1. The van der Waals surface area contributed by atoms with E-state index in [0.29, 0.717) is 5.02 Å². The van der Waals surface area contributed by atoms with E-state index in [0.717, 1.165) is 90.5 Å². The molecule has 4 aliphatic carbocycles. The van der Waals surface area contributed by atoms with Crippen LogP contribution in [0.4, 0.5) is 34.1 Å². The van der Waals surface area contributed by atoms with Gasteiger partial charge in [0.25, 0.3) is 0 Å². The van der Waals surface area contributed by atoms with Gasteiger partial charge in [0, 0.05) is 27.8 Å². The molecule has 0 heterocycles. The second-order valence-corrected chi connectivity index (χ2v) is 18.7. The van der Waals surface area contributed by atoms with Gasteiger partial charge >= 0.3 is 0 Å². The molecule has 4 heteroatoms. The van der Waals surface area contributed by atoms with E-state index in [4.69, 9.17) is 23.2 Å². The molecule has 0 amide bonds. The number of nitrogens with zero attached hydrogens (tertiary/aromatic N) is 2. The molecule has 5 aromatic carbocycles. The predicted molar refractivity (Wildman–Crippen MR) is 249 cm³/mol. The number of rotatable bonds is 6. The van der Waals surface area contributed by atoms with Crippen LogP contribution >= 0.6 is 23.2 Å². The lowest BCUT2D eigenvalue weighted by Crippen LogP contribution is -2.16. The van der Waals surface area contributed by atoms with E-state index in [2.05, 4.69) is 94.7 Å². The summed E-state index contributed by atoms with van der Waals surface area (Å²) in [6.45, 7) is 0. The van der Waals surface area contributed by atoms with Crippen molar-refractivity contribution in [3.05, 3.63) is 139 Å². The third kappa shape index (κ3) is 8.90. The van der Waals surface area contributed by atoms with Gasteiger partial charge in [-0.3, -0.25) is 0 Å². The number of halogens is 2. The molecule has 0 radical (unpaired) electrons. The van der Waals surface area contributed by atoms with E-state index in [1.54, 1.807) is 0 Å². The van der Waals surface area contributed by atoms with Crippen molar-refractivity contribution >= 4 is 57.3 Å². The average molecular weight is 810 g/mol. The van der Waals surface area contributed by atoms with Crippen LogP contribution in [0.25, 0.3) is 0 Å². The molecule has 0 aromatic heterocycles. The summed E-state index contributed by atoms with van der Waals surface area (Å²) < 4.78 is 0. The first-order valence-electron chi connectivity index (χ1n) is 23.2. The largest absolute Gasteiger partial charge is 0.309 e. The van der Waals surface area contributed by atoms with Crippen LogP contribution in [0.3, 0.4) is 0 Å². The zero-order valence-corrected chi connectivity index (χ0v) is 36.2. The molecular weight excluding hydrogens is 748 g/mol. The molecule has 0 saturated carbocycles. The summed E-state index contributed by atoms with van der Waals surface area (Å²) in [7, 11) is 0. The summed E-state index contributed by atoms with van der Waals surface area (Å²) in [6.07, 6.45) is 29.7. The molecule has 0 saturated heterocycles. The van der Waals surface area contributed by atoms with Crippen LogP contribution in [0.15, 0.2) is 84.9 Å². The molecule has 58 heavy (non-hydrogen) atoms. The van der Waals surface area contributed by atoms with Crippen molar-refractivity contribution in [2.45, 2.75) is 154 Å². The van der Waals surface area contributed by atoms with Crippen molar-refractivity contribution in [2.75, 3.05) is 9.80 Å². The number of benzene rings is 5. The first kappa shape index (κ1) is 39.7. The Balaban J connectivity index is 1.23. The lowest BCUT2D eigenvalue weighted by molar-refractivity contribution is 0.617. The van der Waals surface area contributed by atoms with Gasteiger partial charge in [0.2, 0.25) is 0 Å². The van der Waals surface area contributed by atoms with Crippen LogP contribution in [0, 0.1) is 0 Å². The normalized spacial score (nSPS) is 17.6. The summed E-state index contributed by atoms with van der Waals surface area (Å²) in [4.78, 5) is 4.85. The van der Waals surface area contributed by atoms with Crippen LogP contribution in [0.5, 0.6) is 0 Å². The summed E-state index contributed by atoms with van der Waals surface area (Å²) >= 11 is 15.4. The lowest BCUT2D eigenvalue weighted by atomic mass is 9.91. The quantitative estimate of drug-likeness (QED) is 0.169. The van der Waals surface area contributed by atoms with Crippen LogP contribution in [0.2, 0.25) is 10.0 Å². The third-order valence-corrected chi connectivity index (χ3v) is 14.4. The predicted octanol–water partition coefficient (Wildman–Crippen LogP) is 16.6. The Morgan fingerprint density at radius 1 is 0.276 bits per heavy atom. The van der Waals surface area contributed by atoms with Gasteiger partial charge in [-0.05, 0) is 208 Å². The first-order valence-corrected chi connectivity index (χ1v) is 23.9. The van der Waals surface area contributed by atoms with E-state index in [1.807, 2.05) is 0 Å². The van der Waals surface area contributed by atoms with Crippen molar-refractivity contribution in [1.29, 1.82) is 0 Å². The maximum Gasteiger partial charge on any atom is 0.0888 e. The molecule has 4 aliphatic rings. The zero-order valence-electron chi connectivity index (χ0n) is 34.7. The highest BCUT2D eigenvalue weighted by Gasteiger charge is 2.26. The fourth-order valence-electron chi connectivity index (χ4n) is 10.6. The lowest BCUT2D eigenvalue weighted by Gasteiger charge is -2.33. The third-order valence-electron chi connectivity index (χ3n) is 13.8. The molecular formula is C54H62Cl2N2. The number of aryl methyl sites for hydroxylation is 8. The van der Waals surface area contributed by atoms with Crippen molar-refractivity contribution in [2.24, 2.45) is 0 Å². The van der Waals surface area contributed by atoms with Crippen molar-refractivity contribution in [3.63, 3.8) is 0 Å². The van der Waals surface area contributed by atoms with Gasteiger partial charge in [-0.2, -0.15) is 0 Å². The van der Waals surface area contributed by atoms with Crippen LogP contribution in [-0.4, -0.2) is 0 Å². The van der Waals surface area contributed by atoms with Crippen LogP contribution in [-0.2, 0) is 51.4 Å². The SMILES string of the molecule is Clc1cc(N(c2ccc3c(c2)CCCCCC3)c2ccc3c(c2)CCCCCC3)c(Cl)c(N(c2ccc3c(c2)CCCCCC3)c2ccc3c(c2)CCCCCC3)c1. The van der Waals surface area contributed by atoms with Gasteiger partial charge in [-0.15, -0.1) is 0 Å². The molecule has 9 rings (SSSR count). The Bertz CT molecular complexity index is 1940. The Hall–Kier alpha value is -3.72. The molecule has 0 bridgehead atoms. The molecule has 2 nitrogen and oxygen atoms in total. The monoisotopic (exact) mass is 808 g/mol. The van der Waals surface area contributed by atoms with Gasteiger partial charge in [0.15, 0.2) is 0 Å². The van der Waals surface area contributed by atoms with Gasteiger partial charge in [0.05, 0.1) is 16.4 Å². The van der Waals surface area contributed by atoms with Crippen molar-refractivity contribution in [3.8, 4) is 0 Å². The highest BCUT2D eigenvalue weighted by Crippen LogP contribution is 2.49. The molecule has 302 valence electrons. The maximum atomic E-state index is 7.99. The molecule has 5 aromatic rings. The Labute approximate surface area is 359 Å². The molecule has 0 fully saturated rings. The topological polar surface area (TPSA) is 6.48 Å². The van der Waals surface area contributed by atoms with Gasteiger partial charge in [-0.25, -0.2) is 0 Å². The van der Waals surface area contributed by atoms with E-state index in [9.17, 15) is 0 Å². The number of hydrogen-bond donors (Lipinski definition) is 0. The van der Waals surface area contributed by atoms with Gasteiger partial charge in [0.1, 0.15) is 0 Å². The Morgan fingerprint density at radius 2 is 0.517 bits per heavy atom. The highest BCUT2D eigenvalue weighted by molar-refractivity contribution is 6.38. The zero-order chi connectivity index (χ0) is 39.3. The van der Waals surface area contributed by atoms with Gasteiger partial charge in [-0.1, -0.05) is 98.8 Å². The van der Waals surface area contributed by atoms with E-state index in [1.165, 1.54) is 147 Å². The fraction of sp³-hybridized carbons (Fsp3) is 0.444. The molecule has 0 atom stereocenters. The molecule has 0 N–H and O–H groups in total. The number of hydrogen-bond acceptors (Lipinski definition) is 2. The van der Waals surface area contributed by atoms with Crippen LogP contribution in [0.1, 0.15) is 147 Å². The maximum absolute atomic E-state index is 7.99. The minimum atomic E-state index is 0.694. The van der Waals surface area contributed by atoms with Crippen LogP contribution < -0.4 is 9.80 Å². The minimum Gasteiger partial charge on any atom is -0.309 e. The minimum absolute atomic E-state index is 0.694. The van der Waals surface area contributed by atoms with Crippen molar-refractivity contribution in [1.82, 2.24) is 0 Å². The second kappa shape index (κ2) is 18.7. The van der Waals surface area contributed by atoms with E-state index in [-0.39, 0.29) is 0 Å². The molecule has 0 spiro atoms. The summed E-state index contributed by atoms with van der Waals surface area (Å²) in [5, 5.41) is 1.42. The average Bonchev–Trinajstić information content (AvgIpc) is 3.18. The van der Waals surface area contributed by atoms with E-state index < -0.39 is 0 Å². The van der Waals surface area contributed by atoms with Gasteiger partial charge < -0.3 is 9.80 Å². The standard InChI is InChI=1S/C54H62Cl2N2/c55-47-37-52(57(48-29-25-39-17-9-1-5-13-21-43(39)33-48)49-30-26-40-18-10-2-6-14-22-44(40)34-49)54(56)53(38-47)58(50-31-27-41-19-11-3-7-15-23-45(41)35-50)51-32-28-42-20-12-4-8-16-24-46(42)36-51/h25-38H,1-24H2. The fourth-order valence-corrected chi connectivity index (χ4v) is 11.1.